The van der Waals surface area contributed by atoms with Crippen LogP contribution in [-0.4, -0.2) is 74.1 Å². The minimum absolute atomic E-state index is 0.398. The van der Waals surface area contributed by atoms with Gasteiger partial charge in [0.25, 0.3) is 0 Å². The Morgan fingerprint density at radius 2 is 1.77 bits per heavy atom. The Balaban J connectivity index is 2.41. The van der Waals surface area contributed by atoms with Crippen molar-refractivity contribution in [3.63, 3.8) is 0 Å². The Hall–Kier alpha value is 0.170. The molecule has 1 heterocycles. The van der Waals surface area contributed by atoms with Crippen molar-refractivity contribution in [1.29, 1.82) is 0 Å². The molecular formula is C9H20ClN3. The second-order valence-electron chi connectivity index (χ2n) is 3.94. The Morgan fingerprint density at radius 1 is 1.23 bits per heavy atom. The Labute approximate surface area is 86.2 Å². The molecule has 0 spiro atoms. The van der Waals surface area contributed by atoms with E-state index >= 15 is 0 Å². The molecule has 0 aromatic heterocycles. The van der Waals surface area contributed by atoms with Gasteiger partial charge in [-0.3, -0.25) is 9.80 Å². The molecule has 1 unspecified atom stereocenters. The minimum atomic E-state index is 0.398. The van der Waals surface area contributed by atoms with Crippen LogP contribution in [0.2, 0.25) is 0 Å². The predicted molar refractivity (Wildman–Crippen MR) is 57.3 cm³/mol. The van der Waals surface area contributed by atoms with Crippen LogP contribution in [0.25, 0.3) is 0 Å². The quantitative estimate of drug-likeness (QED) is 0.617. The van der Waals surface area contributed by atoms with Gasteiger partial charge in [0.2, 0.25) is 0 Å². The molecular weight excluding hydrogens is 186 g/mol. The van der Waals surface area contributed by atoms with Gasteiger partial charge in [0, 0.05) is 26.2 Å². The molecule has 0 N–H and O–H groups in total. The second-order valence-corrected chi connectivity index (χ2v) is 4.25. The number of hydrogen-bond donors (Lipinski definition) is 0. The summed E-state index contributed by atoms with van der Waals surface area (Å²) in [7, 11) is 6.35. The van der Waals surface area contributed by atoms with Crippen molar-refractivity contribution >= 4 is 11.6 Å². The van der Waals surface area contributed by atoms with Crippen LogP contribution in [-0.2, 0) is 0 Å². The monoisotopic (exact) mass is 205 g/mol. The molecule has 0 radical (unpaired) electrons. The van der Waals surface area contributed by atoms with Crippen molar-refractivity contribution in [2.75, 3.05) is 53.2 Å². The lowest BCUT2D eigenvalue weighted by molar-refractivity contribution is 0.0519. The number of hydrogen-bond acceptors (Lipinski definition) is 3. The van der Waals surface area contributed by atoms with Crippen LogP contribution in [0.1, 0.15) is 0 Å². The highest BCUT2D eigenvalue weighted by Crippen LogP contribution is 2.08. The van der Waals surface area contributed by atoms with E-state index in [1.54, 1.807) is 0 Å². The zero-order valence-electron chi connectivity index (χ0n) is 8.83. The zero-order valence-corrected chi connectivity index (χ0v) is 9.59. The van der Waals surface area contributed by atoms with E-state index < -0.39 is 0 Å². The fraction of sp³-hybridized carbons (Fsp3) is 1.00. The van der Waals surface area contributed by atoms with Crippen molar-refractivity contribution in [1.82, 2.24) is 14.7 Å². The van der Waals surface area contributed by atoms with Crippen LogP contribution in [0.4, 0.5) is 0 Å². The molecule has 78 valence electrons. The van der Waals surface area contributed by atoms with Gasteiger partial charge < -0.3 is 4.90 Å². The summed E-state index contributed by atoms with van der Waals surface area (Å²) >= 11 is 5.94. The molecule has 1 atom stereocenters. The summed E-state index contributed by atoms with van der Waals surface area (Å²) in [4.78, 5) is 7.00. The first-order valence-electron chi connectivity index (χ1n) is 4.80. The van der Waals surface area contributed by atoms with Crippen molar-refractivity contribution < 1.29 is 0 Å². The van der Waals surface area contributed by atoms with Gasteiger partial charge in [-0.25, -0.2) is 0 Å². The number of nitrogens with zero attached hydrogens (tertiary/aromatic N) is 3. The second kappa shape index (κ2) is 5.15. The highest BCUT2D eigenvalue weighted by Gasteiger charge is 2.22. The summed E-state index contributed by atoms with van der Waals surface area (Å²) < 4.78 is 0. The highest BCUT2D eigenvalue weighted by atomic mass is 35.5. The highest BCUT2D eigenvalue weighted by molar-refractivity contribution is 6.18. The van der Waals surface area contributed by atoms with Gasteiger partial charge in [0.05, 0.1) is 12.0 Å². The van der Waals surface area contributed by atoms with E-state index in [4.69, 9.17) is 11.6 Å². The number of alkyl halides is 1. The first-order chi connectivity index (χ1) is 6.15. The number of rotatable bonds is 3. The van der Waals surface area contributed by atoms with E-state index in [-0.39, 0.29) is 0 Å². The lowest BCUT2D eigenvalue weighted by atomic mass is 10.3. The van der Waals surface area contributed by atoms with E-state index in [9.17, 15) is 0 Å². The van der Waals surface area contributed by atoms with E-state index in [2.05, 4.69) is 35.8 Å². The van der Waals surface area contributed by atoms with Crippen molar-refractivity contribution in [2.45, 2.75) is 6.17 Å². The molecule has 0 aromatic rings. The number of piperazine rings is 1. The summed E-state index contributed by atoms with van der Waals surface area (Å²) in [5, 5.41) is 0. The Kier molecular flexibility index (Phi) is 4.46. The first kappa shape index (κ1) is 11.2. The summed E-state index contributed by atoms with van der Waals surface area (Å²) in [6.07, 6.45) is 0.398. The smallest absolute Gasteiger partial charge is 0.0757 e. The van der Waals surface area contributed by atoms with Crippen molar-refractivity contribution in [3.8, 4) is 0 Å². The third-order valence-corrected chi connectivity index (χ3v) is 2.97. The fourth-order valence-corrected chi connectivity index (χ4v) is 2.15. The molecule has 0 amide bonds. The molecule has 4 heteroatoms. The number of likely N-dealkylation sites (N-methyl/N-ethyl adjacent to an activating group) is 1. The Bertz CT molecular complexity index is 144. The van der Waals surface area contributed by atoms with E-state index in [0.29, 0.717) is 12.0 Å². The average Bonchev–Trinajstić information content (AvgIpc) is 2.09. The summed E-state index contributed by atoms with van der Waals surface area (Å²) in [6.45, 7) is 4.57. The molecule has 1 fully saturated rings. The first-order valence-corrected chi connectivity index (χ1v) is 5.33. The van der Waals surface area contributed by atoms with Gasteiger partial charge in [0.1, 0.15) is 0 Å². The third-order valence-electron chi connectivity index (χ3n) is 2.69. The average molecular weight is 206 g/mol. The van der Waals surface area contributed by atoms with E-state index in [1.165, 1.54) is 0 Å². The molecule has 3 nitrogen and oxygen atoms in total. The third kappa shape index (κ3) is 3.09. The van der Waals surface area contributed by atoms with Gasteiger partial charge in [-0.05, 0) is 21.1 Å². The van der Waals surface area contributed by atoms with Crippen LogP contribution in [0.5, 0.6) is 0 Å². The van der Waals surface area contributed by atoms with Gasteiger partial charge in [-0.1, -0.05) is 0 Å². The number of halogens is 1. The summed E-state index contributed by atoms with van der Waals surface area (Å²) in [5.74, 6) is 0.691. The minimum Gasteiger partial charge on any atom is -0.304 e. The van der Waals surface area contributed by atoms with Crippen LogP contribution in [0.3, 0.4) is 0 Å². The van der Waals surface area contributed by atoms with Gasteiger partial charge in [-0.2, -0.15) is 0 Å². The van der Waals surface area contributed by atoms with E-state index in [1.807, 2.05) is 0 Å². The van der Waals surface area contributed by atoms with Gasteiger partial charge in [0.15, 0.2) is 0 Å². The maximum atomic E-state index is 5.94. The van der Waals surface area contributed by atoms with E-state index in [0.717, 1.165) is 26.2 Å². The zero-order chi connectivity index (χ0) is 9.84. The molecule has 1 saturated heterocycles. The summed E-state index contributed by atoms with van der Waals surface area (Å²) in [6, 6.07) is 0. The predicted octanol–water partition coefficient (Wildman–Crippen LogP) is 0.360. The van der Waals surface area contributed by atoms with Crippen LogP contribution >= 0.6 is 11.6 Å². The van der Waals surface area contributed by atoms with Gasteiger partial charge >= 0.3 is 0 Å². The van der Waals surface area contributed by atoms with Crippen LogP contribution in [0.15, 0.2) is 0 Å². The van der Waals surface area contributed by atoms with Gasteiger partial charge in [-0.15, -0.1) is 11.6 Å². The standard InChI is InChI=1S/C9H20ClN3/c1-11(2)9(8-10)13-6-4-12(3)5-7-13/h9H,4-8H2,1-3H3. The molecule has 0 aliphatic carbocycles. The molecule has 1 aliphatic heterocycles. The topological polar surface area (TPSA) is 9.72 Å². The lowest BCUT2D eigenvalue weighted by Crippen LogP contribution is -2.54. The van der Waals surface area contributed by atoms with Crippen molar-refractivity contribution in [3.05, 3.63) is 0 Å². The maximum Gasteiger partial charge on any atom is 0.0757 e. The summed E-state index contributed by atoms with van der Waals surface area (Å²) in [5.41, 5.74) is 0. The molecule has 1 rings (SSSR count). The lowest BCUT2D eigenvalue weighted by Gasteiger charge is -2.39. The largest absolute Gasteiger partial charge is 0.304 e. The maximum absolute atomic E-state index is 5.94. The molecule has 1 aliphatic rings. The van der Waals surface area contributed by atoms with Crippen LogP contribution in [0, 0.1) is 0 Å². The van der Waals surface area contributed by atoms with Crippen molar-refractivity contribution in [2.24, 2.45) is 0 Å². The molecule has 0 saturated carbocycles. The van der Waals surface area contributed by atoms with Crippen LogP contribution < -0.4 is 0 Å². The molecule has 13 heavy (non-hydrogen) atoms. The Morgan fingerprint density at radius 3 is 2.15 bits per heavy atom. The SMILES string of the molecule is CN1CCN(C(CCl)N(C)C)CC1. The molecule has 0 bridgehead atoms. The fourth-order valence-electron chi connectivity index (χ4n) is 1.68. The molecule has 0 aromatic carbocycles. The normalized spacial score (nSPS) is 23.8.